The molecule has 0 amide bonds. The summed E-state index contributed by atoms with van der Waals surface area (Å²) in [5, 5.41) is 1.67. The van der Waals surface area contributed by atoms with E-state index in [9.17, 15) is 0 Å². The summed E-state index contributed by atoms with van der Waals surface area (Å²) < 4.78 is 1.95. The van der Waals surface area contributed by atoms with Crippen molar-refractivity contribution in [2.45, 2.75) is 6.54 Å². The minimum Gasteiger partial charge on any atom is -0.397 e. The van der Waals surface area contributed by atoms with Crippen LogP contribution in [0.4, 0.5) is 5.69 Å². The Balaban J connectivity index is 2.94. The molecule has 1 aromatic carbocycles. The standard InChI is InChI=1S/C10H12ClN3/c1-14-8(5-12)9(11)6-3-2-4-7(13)10(6)14/h2-4H,5,12-13H2,1H3. The molecule has 74 valence electrons. The van der Waals surface area contributed by atoms with E-state index < -0.39 is 0 Å². The summed E-state index contributed by atoms with van der Waals surface area (Å²) in [6, 6.07) is 5.70. The van der Waals surface area contributed by atoms with Crippen LogP contribution < -0.4 is 11.5 Å². The topological polar surface area (TPSA) is 57.0 Å². The second-order valence-electron chi connectivity index (χ2n) is 3.27. The molecule has 0 saturated carbocycles. The Hall–Kier alpha value is -1.19. The largest absolute Gasteiger partial charge is 0.397 e. The van der Waals surface area contributed by atoms with Gasteiger partial charge in [-0.05, 0) is 6.07 Å². The van der Waals surface area contributed by atoms with E-state index in [0.717, 1.165) is 22.3 Å². The van der Waals surface area contributed by atoms with Crippen LogP contribution in [0.25, 0.3) is 10.9 Å². The normalized spacial score (nSPS) is 11.1. The summed E-state index contributed by atoms with van der Waals surface area (Å²) >= 11 is 6.18. The molecule has 1 aromatic heterocycles. The van der Waals surface area contributed by atoms with Gasteiger partial charge >= 0.3 is 0 Å². The van der Waals surface area contributed by atoms with Crippen molar-refractivity contribution in [3.63, 3.8) is 0 Å². The number of aryl methyl sites for hydroxylation is 1. The molecule has 0 atom stereocenters. The summed E-state index contributed by atoms with van der Waals surface area (Å²) in [5.74, 6) is 0. The molecule has 0 aliphatic rings. The van der Waals surface area contributed by atoms with Crippen molar-refractivity contribution in [1.82, 2.24) is 4.57 Å². The van der Waals surface area contributed by atoms with Gasteiger partial charge < -0.3 is 16.0 Å². The Morgan fingerprint density at radius 3 is 2.71 bits per heavy atom. The van der Waals surface area contributed by atoms with Crippen LogP contribution in [0.2, 0.25) is 5.02 Å². The van der Waals surface area contributed by atoms with Crippen LogP contribution in [0.1, 0.15) is 5.69 Å². The van der Waals surface area contributed by atoms with Crippen molar-refractivity contribution in [1.29, 1.82) is 0 Å². The van der Waals surface area contributed by atoms with Crippen LogP contribution in [0.3, 0.4) is 0 Å². The number of aromatic nitrogens is 1. The van der Waals surface area contributed by atoms with Crippen LogP contribution in [-0.2, 0) is 13.6 Å². The average Bonchev–Trinajstić information content (AvgIpc) is 2.41. The molecule has 0 aliphatic carbocycles. The summed E-state index contributed by atoms with van der Waals surface area (Å²) in [6.07, 6.45) is 0. The fourth-order valence-corrected chi connectivity index (χ4v) is 2.13. The van der Waals surface area contributed by atoms with Gasteiger partial charge in [0, 0.05) is 19.0 Å². The Morgan fingerprint density at radius 2 is 2.14 bits per heavy atom. The number of nitrogens with two attached hydrogens (primary N) is 2. The van der Waals surface area contributed by atoms with E-state index in [-0.39, 0.29) is 0 Å². The summed E-state index contributed by atoms with van der Waals surface area (Å²) in [4.78, 5) is 0. The number of nitrogens with zero attached hydrogens (tertiary/aromatic N) is 1. The highest BCUT2D eigenvalue weighted by Gasteiger charge is 2.13. The van der Waals surface area contributed by atoms with E-state index in [1.807, 2.05) is 29.8 Å². The summed E-state index contributed by atoms with van der Waals surface area (Å²) in [6.45, 7) is 0.420. The predicted octanol–water partition coefficient (Wildman–Crippen LogP) is 1.87. The number of nitrogen functional groups attached to an aromatic ring is 1. The average molecular weight is 210 g/mol. The highest BCUT2D eigenvalue weighted by molar-refractivity contribution is 6.36. The Morgan fingerprint density at radius 1 is 1.43 bits per heavy atom. The number of hydrogen-bond acceptors (Lipinski definition) is 2. The molecule has 1 heterocycles. The quantitative estimate of drug-likeness (QED) is 0.705. The van der Waals surface area contributed by atoms with Crippen molar-refractivity contribution >= 4 is 28.2 Å². The molecule has 0 fully saturated rings. The van der Waals surface area contributed by atoms with Gasteiger partial charge in [0.1, 0.15) is 0 Å². The molecule has 2 aromatic rings. The van der Waals surface area contributed by atoms with Crippen LogP contribution in [0.15, 0.2) is 18.2 Å². The van der Waals surface area contributed by atoms with Crippen molar-refractivity contribution in [3.05, 3.63) is 28.9 Å². The maximum absolute atomic E-state index is 6.18. The summed E-state index contributed by atoms with van der Waals surface area (Å²) in [5.41, 5.74) is 14.1. The molecule has 14 heavy (non-hydrogen) atoms. The van der Waals surface area contributed by atoms with Crippen LogP contribution in [-0.4, -0.2) is 4.57 Å². The first-order valence-electron chi connectivity index (χ1n) is 4.38. The Kier molecular flexibility index (Phi) is 2.13. The van der Waals surface area contributed by atoms with E-state index in [4.69, 9.17) is 23.1 Å². The van der Waals surface area contributed by atoms with Gasteiger partial charge in [-0.25, -0.2) is 0 Å². The van der Waals surface area contributed by atoms with Gasteiger partial charge in [-0.2, -0.15) is 0 Å². The van der Waals surface area contributed by atoms with Crippen molar-refractivity contribution in [2.24, 2.45) is 12.8 Å². The molecule has 3 nitrogen and oxygen atoms in total. The Labute approximate surface area is 87.2 Å². The van der Waals surface area contributed by atoms with E-state index in [1.54, 1.807) is 0 Å². The lowest BCUT2D eigenvalue weighted by Crippen LogP contribution is -2.04. The third-order valence-electron chi connectivity index (χ3n) is 2.49. The lowest BCUT2D eigenvalue weighted by Gasteiger charge is -2.02. The van der Waals surface area contributed by atoms with Gasteiger partial charge in [0.15, 0.2) is 0 Å². The molecular weight excluding hydrogens is 198 g/mol. The zero-order valence-electron chi connectivity index (χ0n) is 7.92. The first-order chi connectivity index (χ1) is 6.66. The molecule has 0 saturated heterocycles. The van der Waals surface area contributed by atoms with Gasteiger partial charge in [-0.15, -0.1) is 0 Å². The number of anilines is 1. The molecule has 0 unspecified atom stereocenters. The third kappa shape index (κ3) is 1.10. The predicted molar refractivity (Wildman–Crippen MR) is 60.2 cm³/mol. The third-order valence-corrected chi connectivity index (χ3v) is 2.91. The lowest BCUT2D eigenvalue weighted by atomic mass is 10.2. The number of para-hydroxylation sites is 1. The number of benzene rings is 1. The molecule has 0 spiro atoms. The second-order valence-corrected chi connectivity index (χ2v) is 3.65. The van der Waals surface area contributed by atoms with E-state index >= 15 is 0 Å². The van der Waals surface area contributed by atoms with Crippen molar-refractivity contribution in [2.75, 3.05) is 5.73 Å². The Bertz CT molecular complexity index is 488. The van der Waals surface area contributed by atoms with E-state index in [2.05, 4.69) is 0 Å². The zero-order valence-corrected chi connectivity index (χ0v) is 8.67. The molecule has 0 radical (unpaired) electrons. The summed E-state index contributed by atoms with van der Waals surface area (Å²) in [7, 11) is 1.92. The molecular formula is C10H12ClN3. The van der Waals surface area contributed by atoms with Crippen LogP contribution >= 0.6 is 11.6 Å². The zero-order chi connectivity index (χ0) is 10.3. The minimum atomic E-state index is 0.420. The highest BCUT2D eigenvalue weighted by Crippen LogP contribution is 2.32. The maximum Gasteiger partial charge on any atom is 0.0729 e. The number of fused-ring (bicyclic) bond motifs is 1. The van der Waals surface area contributed by atoms with E-state index in [1.165, 1.54) is 0 Å². The van der Waals surface area contributed by atoms with Gasteiger partial charge in [0.2, 0.25) is 0 Å². The van der Waals surface area contributed by atoms with Gasteiger partial charge in [-0.1, -0.05) is 23.7 Å². The lowest BCUT2D eigenvalue weighted by molar-refractivity contribution is 0.850. The fourth-order valence-electron chi connectivity index (χ4n) is 1.78. The first-order valence-corrected chi connectivity index (χ1v) is 4.76. The van der Waals surface area contributed by atoms with Gasteiger partial charge in [-0.3, -0.25) is 0 Å². The van der Waals surface area contributed by atoms with E-state index in [0.29, 0.717) is 11.6 Å². The monoisotopic (exact) mass is 209 g/mol. The first kappa shape index (κ1) is 9.37. The SMILES string of the molecule is Cn1c(CN)c(Cl)c2cccc(N)c21. The van der Waals surface area contributed by atoms with Crippen LogP contribution in [0, 0.1) is 0 Å². The maximum atomic E-state index is 6.18. The molecule has 0 bridgehead atoms. The minimum absolute atomic E-state index is 0.420. The van der Waals surface area contributed by atoms with Crippen LogP contribution in [0.5, 0.6) is 0 Å². The smallest absolute Gasteiger partial charge is 0.0729 e. The molecule has 0 aliphatic heterocycles. The highest BCUT2D eigenvalue weighted by atomic mass is 35.5. The molecule has 4 N–H and O–H groups in total. The number of halogens is 1. The van der Waals surface area contributed by atoms with Gasteiger partial charge in [0.05, 0.1) is 21.9 Å². The molecule has 4 heteroatoms. The number of rotatable bonds is 1. The second kappa shape index (κ2) is 3.19. The van der Waals surface area contributed by atoms with Crippen molar-refractivity contribution in [3.8, 4) is 0 Å². The van der Waals surface area contributed by atoms with Gasteiger partial charge in [0.25, 0.3) is 0 Å². The van der Waals surface area contributed by atoms with Crippen molar-refractivity contribution < 1.29 is 0 Å². The number of hydrogen-bond donors (Lipinski definition) is 2. The molecule has 2 rings (SSSR count). The fraction of sp³-hybridized carbons (Fsp3) is 0.200.